The molecule has 0 atom stereocenters. The molecule has 1 rings (SSSR count). The summed E-state index contributed by atoms with van der Waals surface area (Å²) >= 11 is 0. The van der Waals surface area contributed by atoms with E-state index in [-0.39, 0.29) is 0 Å². The first-order valence-corrected chi connectivity index (χ1v) is 5.21. The summed E-state index contributed by atoms with van der Waals surface area (Å²) < 4.78 is 4.77. The molecule has 0 N–H and O–H groups in total. The Kier molecular flexibility index (Phi) is 5.59. The number of benzene rings is 1. The van der Waals surface area contributed by atoms with E-state index in [4.69, 9.17) is 10.3 Å². The molecule has 0 aromatic heterocycles. The van der Waals surface area contributed by atoms with Crippen LogP contribution in [0, 0.1) is 0 Å². The average Bonchev–Trinajstić information content (AvgIpc) is 2.30. The van der Waals surface area contributed by atoms with Gasteiger partial charge in [-0.25, -0.2) is 4.79 Å². The van der Waals surface area contributed by atoms with E-state index in [1.165, 1.54) is 5.56 Å². The van der Waals surface area contributed by atoms with Crippen molar-refractivity contribution in [2.24, 2.45) is 0 Å². The number of hydrogen-bond donors (Lipinski definition) is 0. The minimum Gasteiger partial charge on any atom is -0.457 e. The van der Waals surface area contributed by atoms with Crippen molar-refractivity contribution in [1.82, 2.24) is 0 Å². The molecule has 0 fully saturated rings. The quantitative estimate of drug-likeness (QED) is 0.240. The largest absolute Gasteiger partial charge is 0.457 e. The van der Waals surface area contributed by atoms with E-state index in [1.54, 1.807) is 0 Å². The fraction of sp³-hybridized carbons (Fsp3) is 0.333. The first kappa shape index (κ1) is 12.1. The number of hydrogen-bond acceptors (Lipinski definition) is 2. The molecule has 0 aliphatic heterocycles. The zero-order valence-electron chi connectivity index (χ0n) is 9.00. The van der Waals surface area contributed by atoms with Gasteiger partial charge in [-0.05, 0) is 24.8 Å². The molecule has 0 saturated heterocycles. The summed E-state index contributed by atoms with van der Waals surface area (Å²) in [5.41, 5.74) is 9.34. The molecule has 4 nitrogen and oxygen atoms in total. The van der Waals surface area contributed by atoms with E-state index in [0.717, 1.165) is 25.5 Å². The molecule has 0 unspecified atom stereocenters. The standard InChI is InChI=1S/C12H14N2O2/c13-14-10-12(15)16-9-5-4-8-11-6-2-1-3-7-11/h1-3,6-7,10H,4-5,8-9H2. The number of unbranched alkanes of at least 4 members (excludes halogenated alkanes) is 1. The minimum atomic E-state index is -0.609. The highest BCUT2D eigenvalue weighted by molar-refractivity contribution is 6.20. The van der Waals surface area contributed by atoms with Crippen molar-refractivity contribution in [3.63, 3.8) is 0 Å². The molecule has 0 heterocycles. The van der Waals surface area contributed by atoms with Gasteiger partial charge >= 0.3 is 12.2 Å². The van der Waals surface area contributed by atoms with Crippen LogP contribution in [0.15, 0.2) is 30.3 Å². The van der Waals surface area contributed by atoms with Gasteiger partial charge in [0.1, 0.15) is 0 Å². The van der Waals surface area contributed by atoms with Crippen molar-refractivity contribution < 1.29 is 14.3 Å². The van der Waals surface area contributed by atoms with Gasteiger partial charge in [-0.1, -0.05) is 30.3 Å². The second kappa shape index (κ2) is 7.37. The monoisotopic (exact) mass is 218 g/mol. The van der Waals surface area contributed by atoms with Gasteiger partial charge in [-0.2, -0.15) is 4.79 Å². The van der Waals surface area contributed by atoms with E-state index >= 15 is 0 Å². The van der Waals surface area contributed by atoms with Crippen LogP contribution in [-0.2, 0) is 16.0 Å². The van der Waals surface area contributed by atoms with Gasteiger partial charge in [0.25, 0.3) is 0 Å². The summed E-state index contributed by atoms with van der Waals surface area (Å²) in [6.07, 6.45) is 3.50. The lowest BCUT2D eigenvalue weighted by atomic mass is 10.1. The molecule has 0 saturated carbocycles. The molecule has 0 radical (unpaired) electrons. The minimum absolute atomic E-state index is 0.359. The Labute approximate surface area is 94.5 Å². The molecule has 0 aliphatic carbocycles. The normalized spacial score (nSPS) is 9.25. The predicted molar refractivity (Wildman–Crippen MR) is 60.0 cm³/mol. The molecule has 0 aliphatic rings. The second-order valence-electron chi connectivity index (χ2n) is 3.35. The summed E-state index contributed by atoms with van der Waals surface area (Å²) in [5.74, 6) is -0.609. The highest BCUT2D eigenvalue weighted by Crippen LogP contribution is 2.04. The molecule has 16 heavy (non-hydrogen) atoms. The molecule has 1 aromatic rings. The Morgan fingerprint density at radius 1 is 1.31 bits per heavy atom. The van der Waals surface area contributed by atoms with E-state index in [9.17, 15) is 4.79 Å². The maximum atomic E-state index is 10.7. The van der Waals surface area contributed by atoms with Crippen molar-refractivity contribution in [3.05, 3.63) is 41.4 Å². The lowest BCUT2D eigenvalue weighted by molar-refractivity contribution is -0.139. The van der Waals surface area contributed by atoms with Gasteiger partial charge in [0.15, 0.2) is 0 Å². The van der Waals surface area contributed by atoms with Crippen LogP contribution in [0.1, 0.15) is 18.4 Å². The Bertz CT molecular complexity index is 370. The molecule has 1 aromatic carbocycles. The molecule has 0 amide bonds. The first-order chi connectivity index (χ1) is 7.83. The van der Waals surface area contributed by atoms with Gasteiger partial charge in [-0.3, -0.25) is 0 Å². The van der Waals surface area contributed by atoms with Gasteiger partial charge in [0, 0.05) is 0 Å². The Balaban J connectivity index is 2.09. The van der Waals surface area contributed by atoms with E-state index in [2.05, 4.69) is 16.9 Å². The highest BCUT2D eigenvalue weighted by Gasteiger charge is 2.01. The molecule has 84 valence electrons. The summed E-state index contributed by atoms with van der Waals surface area (Å²) in [5, 5.41) is 0. The Hall–Kier alpha value is -1.93. The SMILES string of the molecule is [N-]=[N+]=CC(=O)OCCCCc1ccccc1. The van der Waals surface area contributed by atoms with Crippen LogP contribution in [0.2, 0.25) is 0 Å². The summed E-state index contributed by atoms with van der Waals surface area (Å²) in [6.45, 7) is 0.359. The zero-order chi connectivity index (χ0) is 11.6. The van der Waals surface area contributed by atoms with Crippen LogP contribution in [0.25, 0.3) is 5.53 Å². The smallest absolute Gasteiger partial charge is 0.413 e. The number of aryl methyl sites for hydroxylation is 1. The summed E-state index contributed by atoms with van der Waals surface area (Å²) in [4.78, 5) is 13.3. The van der Waals surface area contributed by atoms with Crippen molar-refractivity contribution in [2.75, 3.05) is 6.61 Å². The van der Waals surface area contributed by atoms with Crippen molar-refractivity contribution in [1.29, 1.82) is 0 Å². The predicted octanol–water partition coefficient (Wildman–Crippen LogP) is 1.85. The third kappa shape index (κ3) is 5.08. The van der Waals surface area contributed by atoms with Crippen LogP contribution in [0.3, 0.4) is 0 Å². The summed E-state index contributed by atoms with van der Waals surface area (Å²) in [6, 6.07) is 10.1. The van der Waals surface area contributed by atoms with Crippen LogP contribution in [-0.4, -0.2) is 23.6 Å². The fourth-order valence-electron chi connectivity index (χ4n) is 1.33. The highest BCUT2D eigenvalue weighted by atomic mass is 16.5. The Morgan fingerprint density at radius 3 is 2.75 bits per heavy atom. The van der Waals surface area contributed by atoms with Crippen molar-refractivity contribution in [2.45, 2.75) is 19.3 Å². The van der Waals surface area contributed by atoms with Gasteiger partial charge in [-0.15, -0.1) is 0 Å². The van der Waals surface area contributed by atoms with Gasteiger partial charge < -0.3 is 10.3 Å². The van der Waals surface area contributed by atoms with Crippen LogP contribution >= 0.6 is 0 Å². The lowest BCUT2D eigenvalue weighted by Gasteiger charge is -2.01. The van der Waals surface area contributed by atoms with E-state index in [1.807, 2.05) is 18.2 Å². The van der Waals surface area contributed by atoms with Gasteiger partial charge in [0.05, 0.1) is 6.61 Å². The van der Waals surface area contributed by atoms with Gasteiger partial charge in [0.2, 0.25) is 0 Å². The number of rotatable bonds is 6. The van der Waals surface area contributed by atoms with Crippen LogP contribution in [0.5, 0.6) is 0 Å². The molecular formula is C12H14N2O2. The second-order valence-corrected chi connectivity index (χ2v) is 3.35. The van der Waals surface area contributed by atoms with E-state index in [0.29, 0.717) is 6.61 Å². The van der Waals surface area contributed by atoms with Crippen LogP contribution in [0.4, 0.5) is 0 Å². The maximum Gasteiger partial charge on any atom is 0.413 e. The van der Waals surface area contributed by atoms with Crippen molar-refractivity contribution in [3.8, 4) is 0 Å². The number of nitrogens with zero attached hydrogens (tertiary/aromatic N) is 2. The molecular weight excluding hydrogens is 204 g/mol. The third-order valence-electron chi connectivity index (χ3n) is 2.11. The lowest BCUT2D eigenvalue weighted by Crippen LogP contribution is -2.07. The molecule has 0 spiro atoms. The zero-order valence-corrected chi connectivity index (χ0v) is 9.00. The third-order valence-corrected chi connectivity index (χ3v) is 2.11. The number of ether oxygens (including phenoxy) is 1. The Morgan fingerprint density at radius 2 is 2.06 bits per heavy atom. The number of esters is 1. The maximum absolute atomic E-state index is 10.7. The summed E-state index contributed by atoms with van der Waals surface area (Å²) in [7, 11) is 0. The first-order valence-electron chi connectivity index (χ1n) is 5.21. The van der Waals surface area contributed by atoms with Crippen LogP contribution < -0.4 is 0 Å². The number of carbonyl (C=O) groups excluding carboxylic acids is 1. The van der Waals surface area contributed by atoms with E-state index < -0.39 is 5.97 Å². The molecule has 4 heteroatoms. The number of carbonyl (C=O) groups is 1. The topological polar surface area (TPSA) is 62.7 Å². The van der Waals surface area contributed by atoms with Crippen molar-refractivity contribution >= 4 is 12.2 Å². The fourth-order valence-corrected chi connectivity index (χ4v) is 1.33. The average molecular weight is 218 g/mol. The molecule has 0 bridgehead atoms.